The van der Waals surface area contributed by atoms with Crippen LogP contribution in [0.25, 0.3) is 0 Å². The molecule has 0 aliphatic carbocycles. The predicted octanol–water partition coefficient (Wildman–Crippen LogP) is 2.03. The van der Waals surface area contributed by atoms with Crippen molar-refractivity contribution in [3.63, 3.8) is 0 Å². The van der Waals surface area contributed by atoms with E-state index in [0.29, 0.717) is 5.75 Å². The Kier molecular flexibility index (Phi) is 4.06. The second-order valence-corrected chi connectivity index (χ2v) is 3.88. The van der Waals surface area contributed by atoms with E-state index in [4.69, 9.17) is 10.6 Å². The third kappa shape index (κ3) is 2.81. The molecule has 0 amide bonds. The van der Waals surface area contributed by atoms with Gasteiger partial charge in [-0.15, -0.1) is 0 Å². The fourth-order valence-corrected chi connectivity index (χ4v) is 1.61. The minimum absolute atomic E-state index is 0.106. The number of benzene rings is 1. The fourth-order valence-electron chi connectivity index (χ4n) is 1.61. The SMILES string of the molecule is CCc1ccc(Oc2ncnc(NN)c2[N+](=O)[O-])cc1. The van der Waals surface area contributed by atoms with Crippen LogP contribution in [0.3, 0.4) is 0 Å². The van der Waals surface area contributed by atoms with Crippen LogP contribution in [0, 0.1) is 10.1 Å². The molecule has 2 aromatic rings. The summed E-state index contributed by atoms with van der Waals surface area (Å²) in [6.45, 7) is 2.03. The molecule has 104 valence electrons. The van der Waals surface area contributed by atoms with Gasteiger partial charge in [-0.3, -0.25) is 10.1 Å². The van der Waals surface area contributed by atoms with Gasteiger partial charge in [0.15, 0.2) is 0 Å². The summed E-state index contributed by atoms with van der Waals surface area (Å²) in [5.41, 5.74) is 2.88. The van der Waals surface area contributed by atoms with Gasteiger partial charge in [0, 0.05) is 0 Å². The van der Waals surface area contributed by atoms with Crippen molar-refractivity contribution in [1.82, 2.24) is 9.97 Å². The van der Waals surface area contributed by atoms with Crippen molar-refractivity contribution in [1.29, 1.82) is 0 Å². The van der Waals surface area contributed by atoms with E-state index < -0.39 is 10.6 Å². The minimum Gasteiger partial charge on any atom is -0.434 e. The van der Waals surface area contributed by atoms with Gasteiger partial charge in [-0.25, -0.2) is 10.8 Å². The second-order valence-electron chi connectivity index (χ2n) is 3.88. The number of nitrogen functional groups attached to an aromatic ring is 1. The summed E-state index contributed by atoms with van der Waals surface area (Å²) in [7, 11) is 0. The van der Waals surface area contributed by atoms with Gasteiger partial charge in [0.05, 0.1) is 4.92 Å². The first-order chi connectivity index (χ1) is 9.65. The number of nitrogens with zero attached hydrogens (tertiary/aromatic N) is 3. The van der Waals surface area contributed by atoms with Crippen LogP contribution >= 0.6 is 0 Å². The third-order valence-corrected chi connectivity index (χ3v) is 2.65. The zero-order valence-electron chi connectivity index (χ0n) is 10.7. The molecule has 0 fully saturated rings. The maximum atomic E-state index is 11.0. The Labute approximate surface area is 114 Å². The summed E-state index contributed by atoms with van der Waals surface area (Å²) in [4.78, 5) is 17.8. The van der Waals surface area contributed by atoms with Crippen LogP contribution in [0.4, 0.5) is 11.5 Å². The normalized spacial score (nSPS) is 10.1. The van der Waals surface area contributed by atoms with Crippen molar-refractivity contribution >= 4 is 11.5 Å². The molecule has 0 atom stereocenters. The van der Waals surface area contributed by atoms with Crippen molar-refractivity contribution < 1.29 is 9.66 Å². The summed E-state index contributed by atoms with van der Waals surface area (Å²) in [6.07, 6.45) is 2.03. The number of nitrogens with one attached hydrogen (secondary N) is 1. The standard InChI is InChI=1S/C12H13N5O3/c1-2-8-3-5-9(6-4-8)20-12-10(17(18)19)11(16-13)14-7-15-12/h3-7H,2,13H2,1H3,(H,14,15,16). The maximum Gasteiger partial charge on any atom is 0.374 e. The Morgan fingerprint density at radius 3 is 2.60 bits per heavy atom. The van der Waals surface area contributed by atoms with E-state index in [2.05, 4.69) is 15.4 Å². The summed E-state index contributed by atoms with van der Waals surface area (Å²) in [6, 6.07) is 7.20. The zero-order valence-corrected chi connectivity index (χ0v) is 10.7. The monoisotopic (exact) mass is 275 g/mol. The first-order valence-corrected chi connectivity index (χ1v) is 5.88. The molecule has 0 aliphatic rings. The third-order valence-electron chi connectivity index (χ3n) is 2.65. The first kappa shape index (κ1) is 13.7. The van der Waals surface area contributed by atoms with Crippen LogP contribution in [-0.2, 0) is 6.42 Å². The number of anilines is 1. The molecule has 3 N–H and O–H groups in total. The quantitative estimate of drug-likeness (QED) is 0.487. The molecule has 0 spiro atoms. The van der Waals surface area contributed by atoms with Crippen LogP contribution < -0.4 is 16.0 Å². The summed E-state index contributed by atoms with van der Waals surface area (Å²) in [5, 5.41) is 11.0. The van der Waals surface area contributed by atoms with E-state index in [-0.39, 0.29) is 11.7 Å². The summed E-state index contributed by atoms with van der Waals surface area (Å²) < 4.78 is 5.42. The molecular formula is C12H13N5O3. The highest BCUT2D eigenvalue weighted by atomic mass is 16.6. The molecule has 0 saturated heterocycles. The number of hydrogen-bond acceptors (Lipinski definition) is 7. The molecule has 0 aliphatic heterocycles. The molecule has 0 radical (unpaired) electrons. The van der Waals surface area contributed by atoms with Gasteiger partial charge in [0.2, 0.25) is 5.82 Å². The molecular weight excluding hydrogens is 262 g/mol. The molecule has 8 nitrogen and oxygen atoms in total. The van der Waals surface area contributed by atoms with Gasteiger partial charge in [-0.05, 0) is 24.1 Å². The van der Waals surface area contributed by atoms with Gasteiger partial charge in [-0.1, -0.05) is 19.1 Å². The van der Waals surface area contributed by atoms with Gasteiger partial charge in [-0.2, -0.15) is 4.98 Å². The lowest BCUT2D eigenvalue weighted by Crippen LogP contribution is -2.12. The van der Waals surface area contributed by atoms with Crippen molar-refractivity contribution in [3.05, 3.63) is 46.3 Å². The average Bonchev–Trinajstić information content (AvgIpc) is 2.47. The summed E-state index contributed by atoms with van der Waals surface area (Å²) in [5.74, 6) is 5.37. The van der Waals surface area contributed by atoms with E-state index in [1.807, 2.05) is 19.1 Å². The fraction of sp³-hybridized carbons (Fsp3) is 0.167. The van der Waals surface area contributed by atoms with E-state index in [0.717, 1.165) is 18.3 Å². The zero-order chi connectivity index (χ0) is 14.5. The van der Waals surface area contributed by atoms with Gasteiger partial charge < -0.3 is 10.2 Å². The van der Waals surface area contributed by atoms with E-state index in [1.54, 1.807) is 12.1 Å². The first-order valence-electron chi connectivity index (χ1n) is 5.88. The van der Waals surface area contributed by atoms with Gasteiger partial charge in [0.1, 0.15) is 12.1 Å². The predicted molar refractivity (Wildman–Crippen MR) is 72.4 cm³/mol. The number of rotatable bonds is 5. The molecule has 20 heavy (non-hydrogen) atoms. The lowest BCUT2D eigenvalue weighted by atomic mass is 10.2. The van der Waals surface area contributed by atoms with Crippen LogP contribution in [0.15, 0.2) is 30.6 Å². The van der Waals surface area contributed by atoms with Crippen LogP contribution in [0.1, 0.15) is 12.5 Å². The van der Waals surface area contributed by atoms with Crippen LogP contribution in [-0.4, -0.2) is 14.9 Å². The van der Waals surface area contributed by atoms with Gasteiger partial charge >= 0.3 is 11.6 Å². The van der Waals surface area contributed by atoms with Crippen molar-refractivity contribution in [2.24, 2.45) is 5.84 Å². The largest absolute Gasteiger partial charge is 0.434 e. The van der Waals surface area contributed by atoms with Crippen molar-refractivity contribution in [2.45, 2.75) is 13.3 Å². The molecule has 1 aromatic carbocycles. The molecule has 1 heterocycles. The summed E-state index contributed by atoms with van der Waals surface area (Å²) >= 11 is 0. The van der Waals surface area contributed by atoms with Crippen LogP contribution in [0.2, 0.25) is 0 Å². The number of hydrazine groups is 1. The Hall–Kier alpha value is -2.74. The topological polar surface area (TPSA) is 116 Å². The molecule has 0 bridgehead atoms. The number of ether oxygens (including phenoxy) is 1. The highest BCUT2D eigenvalue weighted by molar-refractivity contribution is 5.61. The van der Waals surface area contributed by atoms with E-state index in [1.165, 1.54) is 0 Å². The highest BCUT2D eigenvalue weighted by Gasteiger charge is 2.24. The van der Waals surface area contributed by atoms with E-state index in [9.17, 15) is 10.1 Å². The minimum atomic E-state index is -0.648. The van der Waals surface area contributed by atoms with E-state index >= 15 is 0 Å². The lowest BCUT2D eigenvalue weighted by molar-refractivity contribution is -0.385. The number of hydrogen-bond donors (Lipinski definition) is 2. The van der Waals surface area contributed by atoms with Crippen molar-refractivity contribution in [3.8, 4) is 11.6 Å². The number of aryl methyl sites for hydroxylation is 1. The van der Waals surface area contributed by atoms with Gasteiger partial charge in [0.25, 0.3) is 0 Å². The molecule has 0 saturated carbocycles. The molecule has 2 rings (SSSR count). The van der Waals surface area contributed by atoms with Crippen LogP contribution in [0.5, 0.6) is 11.6 Å². The lowest BCUT2D eigenvalue weighted by Gasteiger charge is -2.07. The smallest absolute Gasteiger partial charge is 0.374 e. The Bertz CT molecular complexity index is 615. The second kappa shape index (κ2) is 5.93. The number of nitro groups is 1. The molecule has 8 heteroatoms. The number of aromatic nitrogens is 2. The highest BCUT2D eigenvalue weighted by Crippen LogP contribution is 2.33. The Balaban J connectivity index is 2.34. The Morgan fingerprint density at radius 1 is 1.35 bits per heavy atom. The van der Waals surface area contributed by atoms with Crippen molar-refractivity contribution in [2.75, 3.05) is 5.43 Å². The maximum absolute atomic E-state index is 11.0. The molecule has 1 aromatic heterocycles. The molecule has 0 unspecified atom stereocenters. The number of nitrogens with two attached hydrogens (primary N) is 1. The Morgan fingerprint density at radius 2 is 2.05 bits per heavy atom. The average molecular weight is 275 g/mol.